The fourth-order valence-corrected chi connectivity index (χ4v) is 3.19. The summed E-state index contributed by atoms with van der Waals surface area (Å²) in [7, 11) is 1.71. The van der Waals surface area contributed by atoms with Crippen molar-refractivity contribution < 1.29 is 28.6 Å². The van der Waals surface area contributed by atoms with Gasteiger partial charge in [0.1, 0.15) is 17.9 Å². The lowest BCUT2D eigenvalue weighted by molar-refractivity contribution is -0.137. The maximum absolute atomic E-state index is 13.3. The van der Waals surface area contributed by atoms with Crippen LogP contribution in [0.15, 0.2) is 48.8 Å². The van der Waals surface area contributed by atoms with E-state index in [1.807, 2.05) is 12.1 Å². The van der Waals surface area contributed by atoms with E-state index in [0.717, 1.165) is 5.56 Å². The maximum atomic E-state index is 13.3. The molecular weight excluding hydrogens is 445 g/mol. The summed E-state index contributed by atoms with van der Waals surface area (Å²) in [5.74, 6) is -1.25. The van der Waals surface area contributed by atoms with Crippen LogP contribution in [0.25, 0.3) is 0 Å². The van der Waals surface area contributed by atoms with E-state index in [1.54, 1.807) is 36.2 Å². The molecule has 0 saturated heterocycles. The van der Waals surface area contributed by atoms with E-state index in [0.29, 0.717) is 36.4 Å². The first kappa shape index (κ1) is 24.4. The zero-order valence-electron chi connectivity index (χ0n) is 18.5. The molecule has 3 N–H and O–H groups in total. The molecule has 11 heteroatoms. The summed E-state index contributed by atoms with van der Waals surface area (Å²) in [6.07, 6.45) is 2.23. The fourth-order valence-electron chi connectivity index (χ4n) is 3.19. The van der Waals surface area contributed by atoms with Crippen LogP contribution >= 0.6 is 0 Å². The van der Waals surface area contributed by atoms with Gasteiger partial charge in [-0.15, -0.1) is 5.10 Å². The van der Waals surface area contributed by atoms with Crippen LogP contribution < -0.4 is 15.4 Å². The second-order valence-electron chi connectivity index (χ2n) is 7.47. The Labute approximate surface area is 194 Å². The first-order valence-corrected chi connectivity index (χ1v) is 10.4. The van der Waals surface area contributed by atoms with E-state index in [4.69, 9.17) is 15.6 Å². The lowest BCUT2D eigenvalue weighted by Gasteiger charge is -2.17. The van der Waals surface area contributed by atoms with E-state index in [9.17, 15) is 18.8 Å². The number of carboxylic acids is 1. The minimum atomic E-state index is -0.828. The predicted molar refractivity (Wildman–Crippen MR) is 120 cm³/mol. The molecule has 34 heavy (non-hydrogen) atoms. The number of hydrogen-bond donors (Lipinski definition) is 2. The SMILES string of the molecule is CN1C(=O)CCOc2ccc(CCC(=O)O)cc21.NC(=O)c1ncn(Cc2ccccc2F)n1. The number of ether oxygens (including phenoxy) is 1. The Hall–Kier alpha value is -4.28. The molecule has 178 valence electrons. The standard InChI is InChI=1S/C13H15NO4.C10H9FN4O/c1-14-10-8-9(3-5-13(16)17)2-4-11(10)18-7-6-12(14)15;11-8-4-2-1-3-7(8)5-15-6-13-10(14-15)9(12)16/h2,4,8H,3,5-7H2,1H3,(H,16,17);1-4,6H,5H2,(H2,12,16). The van der Waals surface area contributed by atoms with Gasteiger partial charge in [-0.2, -0.15) is 0 Å². The van der Waals surface area contributed by atoms with Crippen LogP contribution in [0.5, 0.6) is 5.75 Å². The minimum Gasteiger partial charge on any atom is -0.491 e. The third-order valence-corrected chi connectivity index (χ3v) is 5.01. The number of halogens is 1. The van der Waals surface area contributed by atoms with Crippen molar-refractivity contribution in [1.29, 1.82) is 0 Å². The molecular formula is C23H24FN5O5. The summed E-state index contributed by atoms with van der Waals surface area (Å²) in [5.41, 5.74) is 7.07. The van der Waals surface area contributed by atoms with Gasteiger partial charge < -0.3 is 20.5 Å². The van der Waals surface area contributed by atoms with Gasteiger partial charge in [-0.1, -0.05) is 24.3 Å². The number of nitrogens with two attached hydrogens (primary N) is 1. The smallest absolute Gasteiger partial charge is 0.303 e. The summed E-state index contributed by atoms with van der Waals surface area (Å²) in [5, 5.41) is 12.5. The first-order valence-electron chi connectivity index (χ1n) is 10.4. The molecule has 4 rings (SSSR count). The number of carboxylic acid groups (broad SMARTS) is 1. The van der Waals surface area contributed by atoms with Crippen molar-refractivity contribution in [1.82, 2.24) is 14.8 Å². The summed E-state index contributed by atoms with van der Waals surface area (Å²) < 4.78 is 20.1. The number of nitrogens with zero attached hydrogens (tertiary/aromatic N) is 4. The largest absolute Gasteiger partial charge is 0.491 e. The number of aryl methyl sites for hydroxylation is 1. The zero-order valence-corrected chi connectivity index (χ0v) is 18.5. The number of rotatable bonds is 6. The van der Waals surface area contributed by atoms with Gasteiger partial charge in [0.25, 0.3) is 5.91 Å². The summed E-state index contributed by atoms with van der Waals surface area (Å²) in [4.78, 5) is 38.3. The monoisotopic (exact) mass is 469 g/mol. The van der Waals surface area contributed by atoms with Crippen molar-refractivity contribution in [3.8, 4) is 5.75 Å². The Bertz CT molecular complexity index is 1200. The highest BCUT2D eigenvalue weighted by Crippen LogP contribution is 2.31. The van der Waals surface area contributed by atoms with Crippen LogP contribution in [0.3, 0.4) is 0 Å². The van der Waals surface area contributed by atoms with Crippen LogP contribution in [0, 0.1) is 5.82 Å². The topological polar surface area (TPSA) is 141 Å². The number of carbonyl (C=O) groups is 3. The summed E-state index contributed by atoms with van der Waals surface area (Å²) >= 11 is 0. The van der Waals surface area contributed by atoms with E-state index in [-0.39, 0.29) is 30.5 Å². The Morgan fingerprint density at radius 1 is 1.24 bits per heavy atom. The van der Waals surface area contributed by atoms with Crippen LogP contribution in [0.4, 0.5) is 10.1 Å². The van der Waals surface area contributed by atoms with Gasteiger partial charge in [-0.3, -0.25) is 14.4 Å². The molecule has 2 heterocycles. The van der Waals surface area contributed by atoms with Crippen molar-refractivity contribution in [3.63, 3.8) is 0 Å². The Balaban J connectivity index is 0.000000192. The first-order chi connectivity index (χ1) is 16.2. The Morgan fingerprint density at radius 2 is 2.00 bits per heavy atom. The molecule has 0 saturated carbocycles. The summed E-state index contributed by atoms with van der Waals surface area (Å²) in [6, 6.07) is 11.8. The number of primary amides is 1. The number of anilines is 1. The van der Waals surface area contributed by atoms with Crippen LogP contribution in [-0.2, 0) is 22.6 Å². The lowest BCUT2D eigenvalue weighted by atomic mass is 10.1. The number of fused-ring (bicyclic) bond motifs is 1. The van der Waals surface area contributed by atoms with Gasteiger partial charge >= 0.3 is 5.97 Å². The van der Waals surface area contributed by atoms with Crippen LogP contribution in [0.1, 0.15) is 34.6 Å². The van der Waals surface area contributed by atoms with Gasteiger partial charge in [0.15, 0.2) is 0 Å². The second-order valence-corrected chi connectivity index (χ2v) is 7.47. The number of carbonyl (C=O) groups excluding carboxylic acids is 2. The predicted octanol–water partition coefficient (Wildman–Crippen LogP) is 2.01. The normalized spacial score (nSPS) is 12.6. The van der Waals surface area contributed by atoms with Gasteiger partial charge in [-0.05, 0) is 30.2 Å². The highest BCUT2D eigenvalue weighted by molar-refractivity contribution is 5.95. The molecule has 0 radical (unpaired) electrons. The molecule has 2 amide bonds. The molecule has 0 atom stereocenters. The quantitative estimate of drug-likeness (QED) is 0.563. The molecule has 10 nitrogen and oxygen atoms in total. The Kier molecular flexibility index (Phi) is 7.91. The molecule has 2 aromatic carbocycles. The van der Waals surface area contributed by atoms with Crippen molar-refractivity contribution in [3.05, 3.63) is 71.6 Å². The highest BCUT2D eigenvalue weighted by Gasteiger charge is 2.20. The maximum Gasteiger partial charge on any atom is 0.303 e. The van der Waals surface area contributed by atoms with Gasteiger partial charge in [-0.25, -0.2) is 14.1 Å². The van der Waals surface area contributed by atoms with Gasteiger partial charge in [0.05, 0.1) is 25.3 Å². The number of amides is 2. The van der Waals surface area contributed by atoms with Gasteiger partial charge in [0, 0.05) is 19.0 Å². The number of aliphatic carboxylic acids is 1. The van der Waals surface area contributed by atoms with E-state index >= 15 is 0 Å². The molecule has 0 aliphatic carbocycles. The molecule has 3 aromatic rings. The molecule has 0 unspecified atom stereocenters. The zero-order chi connectivity index (χ0) is 24.7. The lowest BCUT2D eigenvalue weighted by Crippen LogP contribution is -2.25. The van der Waals surface area contributed by atoms with Crippen molar-refractivity contribution in [2.24, 2.45) is 5.73 Å². The average Bonchev–Trinajstić information content (AvgIpc) is 3.23. The molecule has 1 aromatic heterocycles. The van der Waals surface area contributed by atoms with E-state index < -0.39 is 11.9 Å². The van der Waals surface area contributed by atoms with Gasteiger partial charge in [0.2, 0.25) is 11.7 Å². The highest BCUT2D eigenvalue weighted by atomic mass is 19.1. The Morgan fingerprint density at radius 3 is 2.68 bits per heavy atom. The van der Waals surface area contributed by atoms with Crippen molar-refractivity contribution >= 4 is 23.5 Å². The number of aromatic nitrogens is 3. The molecule has 0 fully saturated rings. The fraction of sp³-hybridized carbons (Fsp3) is 0.261. The van der Waals surface area contributed by atoms with Crippen molar-refractivity contribution in [2.45, 2.75) is 25.8 Å². The van der Waals surface area contributed by atoms with E-state index in [1.165, 1.54) is 17.1 Å². The van der Waals surface area contributed by atoms with Crippen LogP contribution in [0.2, 0.25) is 0 Å². The third kappa shape index (κ3) is 6.37. The second kappa shape index (κ2) is 11.0. The van der Waals surface area contributed by atoms with Crippen molar-refractivity contribution in [2.75, 3.05) is 18.6 Å². The number of hydrogen-bond acceptors (Lipinski definition) is 6. The minimum absolute atomic E-state index is 0.00383. The average molecular weight is 469 g/mol. The van der Waals surface area contributed by atoms with Crippen LogP contribution in [-0.4, -0.2) is 51.3 Å². The molecule has 0 bridgehead atoms. The third-order valence-electron chi connectivity index (χ3n) is 5.01. The number of benzene rings is 2. The molecule has 0 spiro atoms. The summed E-state index contributed by atoms with van der Waals surface area (Å²) in [6.45, 7) is 0.595. The molecule has 1 aliphatic heterocycles. The molecule has 1 aliphatic rings. The van der Waals surface area contributed by atoms with E-state index in [2.05, 4.69) is 10.1 Å².